The van der Waals surface area contributed by atoms with Gasteiger partial charge in [-0.25, -0.2) is 0 Å². The van der Waals surface area contributed by atoms with Crippen LogP contribution < -0.4 is 9.80 Å². The summed E-state index contributed by atoms with van der Waals surface area (Å²) in [5.41, 5.74) is 1.96. The molecule has 1 fully saturated rings. The molecule has 7 heteroatoms. The van der Waals surface area contributed by atoms with Gasteiger partial charge in [0.1, 0.15) is 6.54 Å². The third-order valence-electron chi connectivity index (χ3n) is 4.32. The van der Waals surface area contributed by atoms with Crippen molar-refractivity contribution in [2.24, 2.45) is 0 Å². The Morgan fingerprint density at radius 3 is 2.46 bits per heavy atom. The Balaban J connectivity index is 1.66. The summed E-state index contributed by atoms with van der Waals surface area (Å²) in [4.78, 5) is 14.4. The van der Waals surface area contributed by atoms with E-state index in [1.807, 2.05) is 18.2 Å². The number of piperazine rings is 1. The van der Waals surface area contributed by atoms with E-state index in [0.29, 0.717) is 17.1 Å². The first-order valence-electron chi connectivity index (χ1n) is 7.80. The molecule has 0 atom stereocenters. The zero-order valence-corrected chi connectivity index (χ0v) is 14.6. The van der Waals surface area contributed by atoms with Crippen molar-refractivity contribution in [3.63, 3.8) is 0 Å². The molecule has 0 radical (unpaired) electrons. The Bertz CT molecular complexity index is 746. The Morgan fingerprint density at radius 2 is 1.79 bits per heavy atom. The summed E-state index contributed by atoms with van der Waals surface area (Å²) >= 11 is 12.1. The van der Waals surface area contributed by atoms with Crippen LogP contribution in [0.25, 0.3) is 0 Å². The fourth-order valence-electron chi connectivity index (χ4n) is 3.07. The predicted molar refractivity (Wildman–Crippen MR) is 96.2 cm³/mol. The van der Waals surface area contributed by atoms with Gasteiger partial charge in [0.05, 0.1) is 36.7 Å². The van der Waals surface area contributed by atoms with Crippen molar-refractivity contribution in [2.45, 2.75) is 6.54 Å². The van der Waals surface area contributed by atoms with E-state index in [2.05, 4.69) is 11.0 Å². The highest BCUT2D eigenvalue weighted by Crippen LogP contribution is 2.22. The van der Waals surface area contributed by atoms with E-state index in [4.69, 9.17) is 23.2 Å². The van der Waals surface area contributed by atoms with E-state index in [1.54, 1.807) is 12.1 Å². The number of rotatable bonds is 4. The summed E-state index contributed by atoms with van der Waals surface area (Å²) in [5.74, 6) is 0. The standard InChI is InChI=1S/C17H17Cl2N3O2/c18-14-2-1-3-16(11-14)21-8-6-20(7-9-21)12-13-10-15(19)4-5-17(13)22(23)24/h1-5,10-11H,6-9,12H2/p+1. The molecule has 0 unspecified atom stereocenters. The topological polar surface area (TPSA) is 50.8 Å². The van der Waals surface area contributed by atoms with E-state index < -0.39 is 0 Å². The molecule has 0 aromatic heterocycles. The van der Waals surface area contributed by atoms with Gasteiger partial charge in [0.25, 0.3) is 5.69 Å². The van der Waals surface area contributed by atoms with Crippen LogP contribution in [0.15, 0.2) is 42.5 Å². The lowest BCUT2D eigenvalue weighted by atomic mass is 10.1. The zero-order valence-electron chi connectivity index (χ0n) is 13.0. The second-order valence-corrected chi connectivity index (χ2v) is 6.80. The normalized spacial score (nSPS) is 15.5. The van der Waals surface area contributed by atoms with Crippen LogP contribution in [-0.4, -0.2) is 31.1 Å². The minimum Gasteiger partial charge on any atom is -0.360 e. The predicted octanol–water partition coefficient (Wildman–Crippen LogP) is 2.81. The Hall–Kier alpha value is -1.82. The van der Waals surface area contributed by atoms with Gasteiger partial charge in [-0.3, -0.25) is 10.1 Å². The van der Waals surface area contributed by atoms with Gasteiger partial charge in [-0.1, -0.05) is 29.3 Å². The highest BCUT2D eigenvalue weighted by Gasteiger charge is 2.24. The number of benzene rings is 2. The molecule has 1 heterocycles. The maximum atomic E-state index is 11.2. The van der Waals surface area contributed by atoms with Gasteiger partial charge >= 0.3 is 0 Å². The largest absolute Gasteiger partial charge is 0.360 e. The number of halogens is 2. The molecule has 0 bridgehead atoms. The third-order valence-corrected chi connectivity index (χ3v) is 4.79. The first-order valence-corrected chi connectivity index (χ1v) is 8.55. The monoisotopic (exact) mass is 366 g/mol. The second-order valence-electron chi connectivity index (χ2n) is 5.92. The van der Waals surface area contributed by atoms with Crippen molar-refractivity contribution >= 4 is 34.6 Å². The summed E-state index contributed by atoms with van der Waals surface area (Å²) in [7, 11) is 0. The smallest absolute Gasteiger partial charge is 0.278 e. The van der Waals surface area contributed by atoms with Crippen molar-refractivity contribution < 1.29 is 9.82 Å². The SMILES string of the molecule is O=[N+]([O-])c1ccc(Cl)cc1C[NH+]1CCN(c2cccc(Cl)c2)CC1. The summed E-state index contributed by atoms with van der Waals surface area (Å²) in [6.07, 6.45) is 0. The number of hydrogen-bond acceptors (Lipinski definition) is 3. The lowest BCUT2D eigenvalue weighted by Gasteiger charge is -2.33. The molecule has 1 aliphatic heterocycles. The van der Waals surface area contributed by atoms with Crippen LogP contribution in [0.2, 0.25) is 10.0 Å². The average Bonchev–Trinajstić information content (AvgIpc) is 2.55. The maximum absolute atomic E-state index is 11.2. The molecule has 0 spiro atoms. The summed E-state index contributed by atoms with van der Waals surface area (Å²) in [6.45, 7) is 4.22. The van der Waals surface area contributed by atoms with Gasteiger partial charge in [0.15, 0.2) is 0 Å². The fraction of sp³-hybridized carbons (Fsp3) is 0.294. The van der Waals surface area contributed by atoms with Gasteiger partial charge < -0.3 is 9.80 Å². The Morgan fingerprint density at radius 1 is 1.08 bits per heavy atom. The van der Waals surface area contributed by atoms with Crippen molar-refractivity contribution in [3.05, 3.63) is 68.2 Å². The van der Waals surface area contributed by atoms with Crippen molar-refractivity contribution in [1.29, 1.82) is 0 Å². The van der Waals surface area contributed by atoms with E-state index in [9.17, 15) is 10.1 Å². The number of anilines is 1. The molecule has 0 aliphatic carbocycles. The molecule has 5 nitrogen and oxygen atoms in total. The Kier molecular flexibility index (Phi) is 5.23. The number of hydrogen-bond donors (Lipinski definition) is 1. The minimum absolute atomic E-state index is 0.143. The molecular weight excluding hydrogens is 349 g/mol. The van der Waals surface area contributed by atoms with Gasteiger partial charge in [-0.05, 0) is 30.3 Å². The highest BCUT2D eigenvalue weighted by atomic mass is 35.5. The molecule has 1 N–H and O–H groups in total. The molecule has 2 aromatic carbocycles. The first-order chi connectivity index (χ1) is 11.5. The quantitative estimate of drug-likeness (QED) is 0.668. The lowest BCUT2D eigenvalue weighted by Crippen LogP contribution is -3.13. The molecule has 126 valence electrons. The van der Waals surface area contributed by atoms with Crippen LogP contribution in [0.3, 0.4) is 0 Å². The van der Waals surface area contributed by atoms with Crippen LogP contribution in [0, 0.1) is 10.1 Å². The summed E-state index contributed by atoms with van der Waals surface area (Å²) in [5, 5.41) is 12.4. The number of nitro benzene ring substituents is 1. The molecule has 1 saturated heterocycles. The van der Waals surface area contributed by atoms with E-state index in [-0.39, 0.29) is 10.6 Å². The molecule has 3 rings (SSSR count). The Labute approximate surface area is 150 Å². The molecule has 0 saturated carbocycles. The van der Waals surface area contributed by atoms with Gasteiger partial charge in [0, 0.05) is 21.8 Å². The first kappa shape index (κ1) is 17.0. The molecule has 1 aliphatic rings. The highest BCUT2D eigenvalue weighted by molar-refractivity contribution is 6.31. The van der Waals surface area contributed by atoms with Gasteiger partial charge in [-0.2, -0.15) is 0 Å². The number of nitrogens with one attached hydrogen (secondary N) is 1. The van der Waals surface area contributed by atoms with E-state index in [1.165, 1.54) is 11.0 Å². The van der Waals surface area contributed by atoms with Crippen molar-refractivity contribution in [1.82, 2.24) is 0 Å². The van der Waals surface area contributed by atoms with Gasteiger partial charge in [0.2, 0.25) is 0 Å². The van der Waals surface area contributed by atoms with Crippen LogP contribution in [-0.2, 0) is 6.54 Å². The van der Waals surface area contributed by atoms with Crippen LogP contribution >= 0.6 is 23.2 Å². The molecule has 0 amide bonds. The van der Waals surface area contributed by atoms with Crippen LogP contribution in [0.1, 0.15) is 5.56 Å². The molecule has 2 aromatic rings. The second kappa shape index (κ2) is 7.38. The zero-order chi connectivity index (χ0) is 17.1. The number of quaternary nitrogens is 1. The fourth-order valence-corrected chi connectivity index (χ4v) is 3.45. The van der Waals surface area contributed by atoms with Crippen LogP contribution in [0.4, 0.5) is 11.4 Å². The number of nitro groups is 1. The van der Waals surface area contributed by atoms with Crippen molar-refractivity contribution in [3.8, 4) is 0 Å². The van der Waals surface area contributed by atoms with E-state index in [0.717, 1.165) is 36.9 Å². The number of nitrogens with zero attached hydrogens (tertiary/aromatic N) is 2. The summed E-state index contributed by atoms with van der Waals surface area (Å²) < 4.78 is 0. The molecular formula is C17H18Cl2N3O2+. The van der Waals surface area contributed by atoms with Gasteiger partial charge in [-0.15, -0.1) is 0 Å². The van der Waals surface area contributed by atoms with E-state index >= 15 is 0 Å². The minimum atomic E-state index is -0.340. The maximum Gasteiger partial charge on any atom is 0.278 e. The lowest BCUT2D eigenvalue weighted by molar-refractivity contribution is -0.914. The van der Waals surface area contributed by atoms with Crippen LogP contribution in [0.5, 0.6) is 0 Å². The average molecular weight is 367 g/mol. The molecule has 24 heavy (non-hydrogen) atoms. The summed E-state index contributed by atoms with van der Waals surface area (Å²) in [6, 6.07) is 12.6. The third kappa shape index (κ3) is 3.98. The van der Waals surface area contributed by atoms with Crippen molar-refractivity contribution in [2.75, 3.05) is 31.1 Å².